The molecule has 0 aliphatic heterocycles. The zero-order chi connectivity index (χ0) is 22.5. The molecule has 0 aliphatic rings. The Morgan fingerprint density at radius 2 is 1.62 bits per heavy atom. The predicted octanol–water partition coefficient (Wildman–Crippen LogP) is 4.72. The third-order valence-electron chi connectivity index (χ3n) is 4.95. The maximum Gasteiger partial charge on any atom is 0.338 e. The van der Waals surface area contributed by atoms with Crippen molar-refractivity contribution in [3.8, 4) is 5.75 Å². The Hall–Kier alpha value is -4.19. The van der Waals surface area contributed by atoms with Crippen LogP contribution in [-0.4, -0.2) is 18.4 Å². The van der Waals surface area contributed by atoms with E-state index in [9.17, 15) is 14.4 Å². The number of hydrogen-bond acceptors (Lipinski definition) is 6. The summed E-state index contributed by atoms with van der Waals surface area (Å²) in [5, 5.41) is 0.852. The standard InChI is InChI=1S/C26H20O6/c1-17-13-25(28)32-24-14-21(11-12-22(17)24)30-15-18-7-9-20(10-8-18)26(29)31-16-23(27)19-5-3-2-4-6-19/h2-14H,15-16H2,1H3. The SMILES string of the molecule is Cc1cc(=O)oc2cc(OCc3ccc(C(=O)OCC(=O)c4ccccc4)cc3)ccc12. The van der Waals surface area contributed by atoms with Crippen molar-refractivity contribution in [2.75, 3.05) is 6.61 Å². The van der Waals surface area contributed by atoms with E-state index < -0.39 is 11.6 Å². The lowest BCUT2D eigenvalue weighted by Gasteiger charge is -2.09. The molecule has 32 heavy (non-hydrogen) atoms. The first-order chi connectivity index (χ1) is 15.5. The molecule has 0 radical (unpaired) electrons. The van der Waals surface area contributed by atoms with Crippen LogP contribution in [0, 0.1) is 6.92 Å². The van der Waals surface area contributed by atoms with Crippen LogP contribution in [0.3, 0.4) is 0 Å². The minimum atomic E-state index is -0.568. The second kappa shape index (κ2) is 9.31. The first-order valence-corrected chi connectivity index (χ1v) is 10.0. The third-order valence-corrected chi connectivity index (χ3v) is 4.95. The molecule has 0 fully saturated rings. The highest BCUT2D eigenvalue weighted by molar-refractivity contribution is 5.99. The topological polar surface area (TPSA) is 82.8 Å². The van der Waals surface area contributed by atoms with E-state index in [0.29, 0.717) is 22.5 Å². The molecule has 1 aromatic heterocycles. The zero-order valence-corrected chi connectivity index (χ0v) is 17.4. The number of rotatable bonds is 7. The minimum absolute atomic E-state index is 0.259. The normalized spacial score (nSPS) is 10.7. The highest BCUT2D eigenvalue weighted by Crippen LogP contribution is 2.23. The summed E-state index contributed by atoms with van der Waals surface area (Å²) < 4.78 is 16.1. The van der Waals surface area contributed by atoms with Crippen molar-refractivity contribution in [2.45, 2.75) is 13.5 Å². The lowest BCUT2D eigenvalue weighted by molar-refractivity contribution is 0.0474. The lowest BCUT2D eigenvalue weighted by atomic mass is 10.1. The zero-order valence-electron chi connectivity index (χ0n) is 17.4. The molecule has 4 rings (SSSR count). The molecule has 0 unspecified atom stereocenters. The summed E-state index contributed by atoms with van der Waals surface area (Å²) in [6.07, 6.45) is 0. The number of esters is 1. The Kier molecular flexibility index (Phi) is 6.12. The molecule has 0 spiro atoms. The first kappa shape index (κ1) is 21.1. The second-order valence-electron chi connectivity index (χ2n) is 7.26. The van der Waals surface area contributed by atoms with Gasteiger partial charge in [0, 0.05) is 23.1 Å². The molecule has 0 N–H and O–H groups in total. The minimum Gasteiger partial charge on any atom is -0.489 e. The van der Waals surface area contributed by atoms with Gasteiger partial charge in [0.05, 0.1) is 5.56 Å². The van der Waals surface area contributed by atoms with E-state index in [4.69, 9.17) is 13.9 Å². The van der Waals surface area contributed by atoms with Crippen LogP contribution in [0.4, 0.5) is 0 Å². The first-order valence-electron chi connectivity index (χ1n) is 10.0. The molecule has 0 atom stereocenters. The molecular formula is C26H20O6. The molecule has 6 nitrogen and oxygen atoms in total. The van der Waals surface area contributed by atoms with Crippen LogP contribution >= 0.6 is 0 Å². The van der Waals surface area contributed by atoms with Crippen molar-refractivity contribution in [3.63, 3.8) is 0 Å². The number of ether oxygens (including phenoxy) is 2. The van der Waals surface area contributed by atoms with Crippen LogP contribution < -0.4 is 10.4 Å². The van der Waals surface area contributed by atoms with Gasteiger partial charge in [-0.05, 0) is 42.3 Å². The van der Waals surface area contributed by atoms with Crippen molar-refractivity contribution < 1.29 is 23.5 Å². The van der Waals surface area contributed by atoms with Crippen LogP contribution in [0.5, 0.6) is 5.75 Å². The number of carbonyl (C=O) groups is 2. The molecule has 0 saturated heterocycles. The molecule has 4 aromatic rings. The van der Waals surface area contributed by atoms with Crippen molar-refractivity contribution in [1.82, 2.24) is 0 Å². The maximum atomic E-state index is 12.2. The van der Waals surface area contributed by atoms with Gasteiger partial charge in [0.2, 0.25) is 0 Å². The van der Waals surface area contributed by atoms with E-state index in [0.717, 1.165) is 16.5 Å². The second-order valence-corrected chi connectivity index (χ2v) is 7.26. The van der Waals surface area contributed by atoms with Crippen LogP contribution in [0.15, 0.2) is 88.1 Å². The predicted molar refractivity (Wildman–Crippen MR) is 119 cm³/mol. The lowest BCUT2D eigenvalue weighted by Crippen LogP contribution is -2.14. The van der Waals surface area contributed by atoms with Gasteiger partial charge in [-0.2, -0.15) is 0 Å². The Morgan fingerprint density at radius 3 is 2.38 bits per heavy atom. The molecule has 0 saturated carbocycles. The van der Waals surface area contributed by atoms with Gasteiger partial charge in [-0.1, -0.05) is 42.5 Å². The average Bonchev–Trinajstić information content (AvgIpc) is 2.81. The van der Waals surface area contributed by atoms with E-state index >= 15 is 0 Å². The van der Waals surface area contributed by atoms with Crippen molar-refractivity contribution in [2.24, 2.45) is 0 Å². The summed E-state index contributed by atoms with van der Waals surface area (Å²) in [5.41, 5.74) is 2.59. The van der Waals surface area contributed by atoms with Gasteiger partial charge in [0.1, 0.15) is 17.9 Å². The summed E-state index contributed by atoms with van der Waals surface area (Å²) in [6.45, 7) is 1.80. The van der Waals surface area contributed by atoms with Gasteiger partial charge in [-0.15, -0.1) is 0 Å². The fourth-order valence-electron chi connectivity index (χ4n) is 3.22. The summed E-state index contributed by atoms with van der Waals surface area (Å²) in [5.74, 6) is -0.263. The number of hydrogen-bond donors (Lipinski definition) is 0. The summed E-state index contributed by atoms with van der Waals surface area (Å²) in [6, 6.07) is 22.2. The largest absolute Gasteiger partial charge is 0.489 e. The number of carbonyl (C=O) groups excluding carboxylic acids is 2. The molecule has 0 aliphatic carbocycles. The van der Waals surface area contributed by atoms with Crippen molar-refractivity contribution in [3.05, 3.63) is 112 Å². The van der Waals surface area contributed by atoms with Gasteiger partial charge in [-0.3, -0.25) is 4.79 Å². The fraction of sp³-hybridized carbons (Fsp3) is 0.115. The van der Waals surface area contributed by atoms with E-state index in [-0.39, 0.29) is 19.0 Å². The maximum absolute atomic E-state index is 12.2. The number of fused-ring (bicyclic) bond motifs is 1. The monoisotopic (exact) mass is 428 g/mol. The highest BCUT2D eigenvalue weighted by atomic mass is 16.5. The van der Waals surface area contributed by atoms with Gasteiger partial charge in [0.15, 0.2) is 12.4 Å². The van der Waals surface area contributed by atoms with Gasteiger partial charge >= 0.3 is 11.6 Å². The Morgan fingerprint density at radius 1 is 0.875 bits per heavy atom. The highest BCUT2D eigenvalue weighted by Gasteiger charge is 2.12. The van der Waals surface area contributed by atoms with Crippen LogP contribution in [0.1, 0.15) is 31.8 Å². The molecule has 6 heteroatoms. The number of benzene rings is 3. The summed E-state index contributed by atoms with van der Waals surface area (Å²) in [4.78, 5) is 35.8. The van der Waals surface area contributed by atoms with Crippen molar-refractivity contribution >= 4 is 22.7 Å². The summed E-state index contributed by atoms with van der Waals surface area (Å²) >= 11 is 0. The fourth-order valence-corrected chi connectivity index (χ4v) is 3.22. The Balaban J connectivity index is 1.34. The number of ketones is 1. The number of Topliss-reactive ketones (excluding diaryl/α,β-unsaturated/α-hetero) is 1. The molecule has 160 valence electrons. The molecule has 0 bridgehead atoms. The van der Waals surface area contributed by atoms with Gasteiger partial charge < -0.3 is 13.9 Å². The van der Waals surface area contributed by atoms with Gasteiger partial charge in [0.25, 0.3) is 0 Å². The van der Waals surface area contributed by atoms with E-state index in [1.165, 1.54) is 6.07 Å². The van der Waals surface area contributed by atoms with E-state index in [2.05, 4.69) is 0 Å². The van der Waals surface area contributed by atoms with E-state index in [1.54, 1.807) is 54.6 Å². The third kappa shape index (κ3) is 4.92. The van der Waals surface area contributed by atoms with Crippen molar-refractivity contribution in [1.29, 1.82) is 0 Å². The smallest absolute Gasteiger partial charge is 0.338 e. The average molecular weight is 428 g/mol. The molecular weight excluding hydrogens is 408 g/mol. The molecule has 0 amide bonds. The van der Waals surface area contributed by atoms with E-state index in [1.807, 2.05) is 25.1 Å². The summed E-state index contributed by atoms with van der Waals surface area (Å²) in [7, 11) is 0. The molecule has 3 aromatic carbocycles. The Bertz CT molecular complexity index is 1320. The quantitative estimate of drug-likeness (QED) is 0.241. The molecule has 1 heterocycles. The van der Waals surface area contributed by atoms with Gasteiger partial charge in [-0.25, -0.2) is 9.59 Å². The Labute approximate surface area is 184 Å². The number of aryl methyl sites for hydroxylation is 1. The van der Waals surface area contributed by atoms with Crippen LogP contribution in [0.25, 0.3) is 11.0 Å². The van der Waals surface area contributed by atoms with Crippen LogP contribution in [0.2, 0.25) is 0 Å². The van der Waals surface area contributed by atoms with Crippen LogP contribution in [-0.2, 0) is 11.3 Å².